The fraction of sp³-hybridized carbons (Fsp3) is 0.515. The summed E-state index contributed by atoms with van der Waals surface area (Å²) in [5, 5.41) is 1.25. The quantitative estimate of drug-likeness (QED) is 0.328. The lowest BCUT2D eigenvalue weighted by Crippen LogP contribution is -2.35. The molecular formula is C33H40N2O4. The zero-order valence-electron chi connectivity index (χ0n) is 23.2. The fourth-order valence-corrected chi connectivity index (χ4v) is 7.06. The highest BCUT2D eigenvalue weighted by atomic mass is 16.5. The SMILES string of the molecule is COC(=O)c1ccc2c(C3CCCCC3)c3n(c2c1)CCOc1c(CCCC(=O)N2CCCCC2)cccc1-3. The maximum absolute atomic E-state index is 12.8. The first-order chi connectivity index (χ1) is 19.2. The van der Waals surface area contributed by atoms with Gasteiger partial charge in [0.05, 0.1) is 24.9 Å². The number of carbonyl (C=O) groups is 2. The van der Waals surface area contributed by atoms with Crippen LogP contribution in [0.4, 0.5) is 0 Å². The van der Waals surface area contributed by atoms with E-state index >= 15 is 0 Å². The van der Waals surface area contributed by atoms with Crippen LogP contribution in [0.5, 0.6) is 5.75 Å². The van der Waals surface area contributed by atoms with E-state index in [1.165, 1.54) is 67.8 Å². The highest BCUT2D eigenvalue weighted by Crippen LogP contribution is 2.48. The number of rotatable bonds is 6. The van der Waals surface area contributed by atoms with Gasteiger partial charge in [0.25, 0.3) is 0 Å². The minimum absolute atomic E-state index is 0.291. The maximum atomic E-state index is 12.8. The molecule has 0 spiro atoms. The molecule has 1 aromatic heterocycles. The van der Waals surface area contributed by atoms with Crippen molar-refractivity contribution in [1.29, 1.82) is 0 Å². The minimum Gasteiger partial charge on any atom is -0.491 e. The van der Waals surface area contributed by atoms with Gasteiger partial charge in [-0.15, -0.1) is 0 Å². The first-order valence-corrected chi connectivity index (χ1v) is 14.9. The molecule has 2 fully saturated rings. The van der Waals surface area contributed by atoms with Gasteiger partial charge in [-0.1, -0.05) is 37.5 Å². The summed E-state index contributed by atoms with van der Waals surface area (Å²) in [5.74, 6) is 1.45. The van der Waals surface area contributed by atoms with Crippen molar-refractivity contribution in [1.82, 2.24) is 9.47 Å². The molecule has 206 valence electrons. The van der Waals surface area contributed by atoms with E-state index in [4.69, 9.17) is 9.47 Å². The molecule has 0 N–H and O–H groups in total. The number of esters is 1. The van der Waals surface area contributed by atoms with Crippen molar-refractivity contribution in [2.24, 2.45) is 0 Å². The molecule has 6 nitrogen and oxygen atoms in total. The van der Waals surface area contributed by atoms with Gasteiger partial charge >= 0.3 is 5.97 Å². The molecule has 0 unspecified atom stereocenters. The van der Waals surface area contributed by atoms with E-state index in [9.17, 15) is 9.59 Å². The summed E-state index contributed by atoms with van der Waals surface area (Å²) in [6.07, 6.45) is 11.9. The van der Waals surface area contributed by atoms with Crippen LogP contribution in [-0.4, -0.2) is 48.1 Å². The van der Waals surface area contributed by atoms with Crippen LogP contribution in [0.25, 0.3) is 22.2 Å². The van der Waals surface area contributed by atoms with Gasteiger partial charge in [0.2, 0.25) is 5.91 Å². The topological polar surface area (TPSA) is 60.8 Å². The fourth-order valence-electron chi connectivity index (χ4n) is 7.06. The lowest BCUT2D eigenvalue weighted by atomic mass is 9.81. The molecule has 0 radical (unpaired) electrons. The molecule has 6 heteroatoms. The van der Waals surface area contributed by atoms with Crippen molar-refractivity contribution >= 4 is 22.8 Å². The summed E-state index contributed by atoms with van der Waals surface area (Å²) in [6.45, 7) is 3.12. The number of ether oxygens (including phenoxy) is 2. The first-order valence-electron chi connectivity index (χ1n) is 14.9. The Morgan fingerprint density at radius 3 is 2.56 bits per heavy atom. The Labute approximate surface area is 231 Å². The van der Waals surface area contributed by atoms with Crippen molar-refractivity contribution in [3.8, 4) is 17.0 Å². The number of amides is 1. The number of para-hydroxylation sites is 1. The van der Waals surface area contributed by atoms with Gasteiger partial charge in [-0.05, 0) is 80.2 Å². The number of methoxy groups -OCH3 is 1. The van der Waals surface area contributed by atoms with E-state index in [-0.39, 0.29) is 5.97 Å². The van der Waals surface area contributed by atoms with Crippen LogP contribution in [0.3, 0.4) is 0 Å². The summed E-state index contributed by atoms with van der Waals surface area (Å²) in [7, 11) is 1.43. The van der Waals surface area contributed by atoms with Crippen molar-refractivity contribution in [3.63, 3.8) is 0 Å². The number of hydrogen-bond donors (Lipinski definition) is 0. The largest absolute Gasteiger partial charge is 0.491 e. The van der Waals surface area contributed by atoms with E-state index in [1.807, 2.05) is 17.0 Å². The molecule has 6 rings (SSSR count). The van der Waals surface area contributed by atoms with Gasteiger partial charge in [-0.2, -0.15) is 0 Å². The second kappa shape index (κ2) is 11.4. The normalized spacial score (nSPS) is 17.7. The van der Waals surface area contributed by atoms with Crippen LogP contribution in [0.15, 0.2) is 36.4 Å². The Morgan fingerprint density at radius 1 is 0.974 bits per heavy atom. The van der Waals surface area contributed by atoms with Gasteiger partial charge in [0.15, 0.2) is 0 Å². The zero-order chi connectivity index (χ0) is 26.8. The Hall–Kier alpha value is -3.28. The second-order valence-electron chi connectivity index (χ2n) is 11.4. The van der Waals surface area contributed by atoms with E-state index in [0.29, 0.717) is 30.4 Å². The van der Waals surface area contributed by atoms with Gasteiger partial charge in [0, 0.05) is 36.0 Å². The summed E-state index contributed by atoms with van der Waals surface area (Å²) < 4.78 is 13.9. The number of nitrogens with zero attached hydrogens (tertiary/aromatic N) is 2. The smallest absolute Gasteiger partial charge is 0.337 e. The summed E-state index contributed by atoms with van der Waals surface area (Å²) in [6, 6.07) is 12.5. The summed E-state index contributed by atoms with van der Waals surface area (Å²) in [5.41, 5.74) is 6.65. The van der Waals surface area contributed by atoms with Crippen LogP contribution in [0.1, 0.15) is 91.6 Å². The molecule has 2 aromatic carbocycles. The number of carbonyl (C=O) groups excluding carboxylic acids is 2. The second-order valence-corrected chi connectivity index (χ2v) is 11.4. The third-order valence-corrected chi connectivity index (χ3v) is 9.00. The van der Waals surface area contributed by atoms with Gasteiger partial charge < -0.3 is 18.9 Å². The molecule has 1 aliphatic carbocycles. The number of piperidine rings is 1. The van der Waals surface area contributed by atoms with Crippen molar-refractivity contribution < 1.29 is 19.1 Å². The monoisotopic (exact) mass is 528 g/mol. The lowest BCUT2D eigenvalue weighted by Gasteiger charge is -2.26. The summed E-state index contributed by atoms with van der Waals surface area (Å²) >= 11 is 0. The highest BCUT2D eigenvalue weighted by molar-refractivity contribution is 5.99. The summed E-state index contributed by atoms with van der Waals surface area (Å²) in [4.78, 5) is 27.2. The molecule has 0 atom stereocenters. The molecule has 1 saturated carbocycles. The molecule has 3 aliphatic rings. The van der Waals surface area contributed by atoms with E-state index in [0.717, 1.165) is 62.1 Å². The zero-order valence-corrected chi connectivity index (χ0v) is 23.2. The minimum atomic E-state index is -0.307. The predicted molar refractivity (Wildman–Crippen MR) is 153 cm³/mol. The first kappa shape index (κ1) is 26.0. The number of aromatic nitrogens is 1. The number of aryl methyl sites for hydroxylation is 1. The molecule has 1 saturated heterocycles. The molecular weight excluding hydrogens is 488 g/mol. The van der Waals surface area contributed by atoms with Crippen molar-refractivity contribution in [2.45, 2.75) is 83.1 Å². The molecule has 1 amide bonds. The predicted octanol–water partition coefficient (Wildman–Crippen LogP) is 6.87. The molecule has 39 heavy (non-hydrogen) atoms. The number of hydrogen-bond acceptors (Lipinski definition) is 4. The Kier molecular flexibility index (Phi) is 7.62. The van der Waals surface area contributed by atoms with Crippen molar-refractivity contribution in [2.75, 3.05) is 26.8 Å². The standard InChI is InChI=1S/C33H40N2O4/c1-38-33(37)25-16-17-26-28(22-25)35-20-21-39-32-24(13-9-15-29(36)34-18-6-3-7-19-34)12-8-14-27(32)31(35)30(26)23-10-4-2-5-11-23/h8,12,14,16-17,22-23H,2-7,9-11,13,15,18-21H2,1H3. The molecule has 3 heterocycles. The third-order valence-electron chi connectivity index (χ3n) is 9.00. The third kappa shape index (κ3) is 5.06. The van der Waals surface area contributed by atoms with E-state index in [2.05, 4.69) is 28.8 Å². The van der Waals surface area contributed by atoms with Crippen LogP contribution in [-0.2, 0) is 22.5 Å². The van der Waals surface area contributed by atoms with Crippen LogP contribution >= 0.6 is 0 Å². The molecule has 0 bridgehead atoms. The van der Waals surface area contributed by atoms with E-state index in [1.54, 1.807) is 0 Å². The van der Waals surface area contributed by atoms with Gasteiger partial charge in [-0.25, -0.2) is 4.79 Å². The Bertz CT molecular complexity index is 1360. The Morgan fingerprint density at radius 2 is 1.77 bits per heavy atom. The van der Waals surface area contributed by atoms with E-state index < -0.39 is 0 Å². The average Bonchev–Trinajstić information content (AvgIpc) is 3.18. The molecule has 3 aromatic rings. The number of likely N-dealkylation sites (tertiary alicyclic amines) is 1. The van der Waals surface area contributed by atoms with Crippen LogP contribution < -0.4 is 4.74 Å². The maximum Gasteiger partial charge on any atom is 0.337 e. The number of benzene rings is 2. The highest BCUT2D eigenvalue weighted by Gasteiger charge is 2.30. The van der Waals surface area contributed by atoms with Crippen LogP contribution in [0.2, 0.25) is 0 Å². The lowest BCUT2D eigenvalue weighted by molar-refractivity contribution is -0.132. The van der Waals surface area contributed by atoms with Crippen LogP contribution in [0, 0.1) is 0 Å². The van der Waals surface area contributed by atoms with Gasteiger partial charge in [-0.3, -0.25) is 4.79 Å². The average molecular weight is 529 g/mol. The number of fused-ring (bicyclic) bond motifs is 5. The Balaban J connectivity index is 1.37. The molecule has 2 aliphatic heterocycles. The van der Waals surface area contributed by atoms with Gasteiger partial charge in [0.1, 0.15) is 12.4 Å². The van der Waals surface area contributed by atoms with Crippen molar-refractivity contribution in [3.05, 3.63) is 53.1 Å².